The predicted octanol–water partition coefficient (Wildman–Crippen LogP) is 2.36. The third-order valence-electron chi connectivity index (χ3n) is 3.72. The van der Waals surface area contributed by atoms with Gasteiger partial charge in [-0.05, 0) is 12.5 Å². The number of nitrogens with two attached hydrogens (primary N) is 1. The molecule has 120 valence electrons. The minimum atomic E-state index is -0.313. The largest absolute Gasteiger partial charge is 0.349 e. The average Bonchev–Trinajstić information content (AvgIpc) is 2.93. The molecule has 2 aromatic rings. The summed E-state index contributed by atoms with van der Waals surface area (Å²) in [5, 5.41) is 7.10. The lowest BCUT2D eigenvalue weighted by Crippen LogP contribution is -2.36. The van der Waals surface area contributed by atoms with Crippen LogP contribution in [0, 0.1) is 5.92 Å². The molecule has 3 N–H and O–H groups in total. The van der Waals surface area contributed by atoms with E-state index in [1.807, 2.05) is 57.4 Å². The predicted molar refractivity (Wildman–Crippen MR) is 89.5 cm³/mol. The van der Waals surface area contributed by atoms with Gasteiger partial charge in [0.1, 0.15) is 0 Å². The van der Waals surface area contributed by atoms with Crippen LogP contribution in [0.25, 0.3) is 0 Å². The van der Waals surface area contributed by atoms with Gasteiger partial charge in [0.2, 0.25) is 5.91 Å². The molecule has 1 aromatic carbocycles. The van der Waals surface area contributed by atoms with Gasteiger partial charge in [-0.15, -0.1) is 12.4 Å². The fourth-order valence-corrected chi connectivity index (χ4v) is 2.22. The molecule has 22 heavy (non-hydrogen) atoms. The van der Waals surface area contributed by atoms with Crippen molar-refractivity contribution in [2.75, 3.05) is 0 Å². The van der Waals surface area contributed by atoms with Crippen molar-refractivity contribution in [3.05, 3.63) is 53.9 Å². The molecular weight excluding hydrogens is 300 g/mol. The number of amides is 1. The lowest BCUT2D eigenvalue weighted by atomic mass is 9.94. The van der Waals surface area contributed by atoms with Crippen molar-refractivity contribution in [2.45, 2.75) is 25.9 Å². The molecule has 0 radical (unpaired) electrons. The molecule has 2 rings (SSSR count). The molecule has 0 aliphatic carbocycles. The molecule has 1 heterocycles. The number of nitrogens with one attached hydrogen (secondary N) is 1. The van der Waals surface area contributed by atoms with Crippen LogP contribution in [0.5, 0.6) is 0 Å². The number of carbonyl (C=O) groups excluding carboxylic acids is 1. The maximum absolute atomic E-state index is 12.3. The zero-order valence-electron chi connectivity index (χ0n) is 13.1. The van der Waals surface area contributed by atoms with Gasteiger partial charge >= 0.3 is 0 Å². The summed E-state index contributed by atoms with van der Waals surface area (Å²) in [6, 6.07) is 9.28. The zero-order chi connectivity index (χ0) is 15.4. The Bertz CT molecular complexity index is 599. The SMILES string of the molecule is CC(NC(=O)C(C)C(N)c1ccccc1)c1cnn(C)c1.Cl. The first-order chi connectivity index (χ1) is 9.99. The highest BCUT2D eigenvalue weighted by atomic mass is 35.5. The summed E-state index contributed by atoms with van der Waals surface area (Å²) in [6.45, 7) is 3.79. The molecule has 0 fully saturated rings. The van der Waals surface area contributed by atoms with Crippen LogP contribution >= 0.6 is 12.4 Å². The number of benzene rings is 1. The van der Waals surface area contributed by atoms with Gasteiger partial charge in [-0.2, -0.15) is 5.10 Å². The van der Waals surface area contributed by atoms with E-state index in [1.54, 1.807) is 10.9 Å². The summed E-state index contributed by atoms with van der Waals surface area (Å²) in [6.07, 6.45) is 3.65. The van der Waals surface area contributed by atoms with E-state index < -0.39 is 0 Å². The summed E-state index contributed by atoms with van der Waals surface area (Å²) in [5.74, 6) is -0.353. The Morgan fingerprint density at radius 3 is 2.41 bits per heavy atom. The first-order valence-electron chi connectivity index (χ1n) is 7.08. The maximum atomic E-state index is 12.3. The van der Waals surface area contributed by atoms with Gasteiger partial charge in [0.25, 0.3) is 0 Å². The summed E-state index contributed by atoms with van der Waals surface area (Å²) < 4.78 is 1.72. The molecule has 0 aliphatic rings. The Kier molecular flexibility index (Phi) is 6.59. The molecule has 1 amide bonds. The molecule has 0 saturated carbocycles. The van der Waals surface area contributed by atoms with E-state index in [0.717, 1.165) is 11.1 Å². The summed E-state index contributed by atoms with van der Waals surface area (Å²) in [7, 11) is 1.85. The normalized spacial score (nSPS) is 14.5. The molecule has 0 spiro atoms. The number of hydrogen-bond acceptors (Lipinski definition) is 3. The van der Waals surface area contributed by atoms with E-state index in [1.165, 1.54) is 0 Å². The second kappa shape index (κ2) is 7.96. The first kappa shape index (κ1) is 18.2. The van der Waals surface area contributed by atoms with Crippen molar-refractivity contribution in [2.24, 2.45) is 18.7 Å². The topological polar surface area (TPSA) is 72.9 Å². The Morgan fingerprint density at radius 2 is 1.86 bits per heavy atom. The van der Waals surface area contributed by atoms with Crippen LogP contribution in [-0.4, -0.2) is 15.7 Å². The van der Waals surface area contributed by atoms with Crippen LogP contribution in [-0.2, 0) is 11.8 Å². The molecule has 1 aromatic heterocycles. The number of nitrogens with zero attached hydrogens (tertiary/aromatic N) is 2. The Labute approximate surface area is 137 Å². The van der Waals surface area contributed by atoms with Crippen LogP contribution in [0.15, 0.2) is 42.7 Å². The van der Waals surface area contributed by atoms with E-state index in [9.17, 15) is 4.79 Å². The Morgan fingerprint density at radius 1 is 1.23 bits per heavy atom. The Balaban J connectivity index is 0.00000242. The van der Waals surface area contributed by atoms with E-state index in [4.69, 9.17) is 5.73 Å². The summed E-state index contributed by atoms with van der Waals surface area (Å²) in [4.78, 5) is 12.3. The number of aromatic nitrogens is 2. The molecule has 0 bridgehead atoms. The third-order valence-corrected chi connectivity index (χ3v) is 3.72. The number of carbonyl (C=O) groups is 1. The number of rotatable bonds is 5. The minimum absolute atomic E-state index is 0. The Hall–Kier alpha value is -1.85. The molecule has 3 unspecified atom stereocenters. The number of hydrogen-bond donors (Lipinski definition) is 2. The monoisotopic (exact) mass is 322 g/mol. The summed E-state index contributed by atoms with van der Waals surface area (Å²) in [5.41, 5.74) is 8.13. The van der Waals surface area contributed by atoms with Crippen molar-refractivity contribution in [3.8, 4) is 0 Å². The van der Waals surface area contributed by atoms with Crippen LogP contribution in [0.1, 0.15) is 37.1 Å². The molecule has 0 aliphatic heterocycles. The smallest absolute Gasteiger partial charge is 0.225 e. The highest BCUT2D eigenvalue weighted by molar-refractivity contribution is 5.85. The highest BCUT2D eigenvalue weighted by Gasteiger charge is 2.23. The lowest BCUT2D eigenvalue weighted by Gasteiger charge is -2.22. The van der Waals surface area contributed by atoms with Crippen LogP contribution in [0.3, 0.4) is 0 Å². The standard InChI is InChI=1S/C16H22N4O.ClH/c1-11(15(17)13-7-5-4-6-8-13)16(21)19-12(2)14-9-18-20(3)10-14;/h4-12,15H,17H2,1-3H3,(H,19,21);1H. The molecule has 0 saturated heterocycles. The first-order valence-corrected chi connectivity index (χ1v) is 7.08. The van der Waals surface area contributed by atoms with Crippen LogP contribution in [0.4, 0.5) is 0 Å². The zero-order valence-corrected chi connectivity index (χ0v) is 13.9. The van der Waals surface area contributed by atoms with E-state index in [2.05, 4.69) is 10.4 Å². The molecule has 5 nitrogen and oxygen atoms in total. The lowest BCUT2D eigenvalue weighted by molar-refractivity contribution is -0.125. The van der Waals surface area contributed by atoms with Crippen molar-refractivity contribution in [1.82, 2.24) is 15.1 Å². The third kappa shape index (κ3) is 4.32. The van der Waals surface area contributed by atoms with Crippen molar-refractivity contribution < 1.29 is 4.79 Å². The van der Waals surface area contributed by atoms with Gasteiger partial charge in [0.15, 0.2) is 0 Å². The van der Waals surface area contributed by atoms with Gasteiger partial charge in [-0.3, -0.25) is 9.48 Å². The second-order valence-corrected chi connectivity index (χ2v) is 5.40. The molecular formula is C16H23ClN4O. The average molecular weight is 323 g/mol. The van der Waals surface area contributed by atoms with Crippen molar-refractivity contribution in [3.63, 3.8) is 0 Å². The van der Waals surface area contributed by atoms with Gasteiger partial charge in [-0.1, -0.05) is 37.3 Å². The van der Waals surface area contributed by atoms with Gasteiger partial charge in [0, 0.05) is 24.8 Å². The molecule has 3 atom stereocenters. The van der Waals surface area contributed by atoms with Gasteiger partial charge in [-0.25, -0.2) is 0 Å². The van der Waals surface area contributed by atoms with Gasteiger partial charge < -0.3 is 11.1 Å². The van der Waals surface area contributed by atoms with Crippen LogP contribution < -0.4 is 11.1 Å². The quantitative estimate of drug-likeness (QED) is 0.887. The van der Waals surface area contributed by atoms with Crippen molar-refractivity contribution >= 4 is 18.3 Å². The van der Waals surface area contributed by atoms with Crippen LogP contribution in [0.2, 0.25) is 0 Å². The summed E-state index contributed by atoms with van der Waals surface area (Å²) >= 11 is 0. The number of halogens is 1. The fourth-order valence-electron chi connectivity index (χ4n) is 2.22. The number of aryl methyl sites for hydroxylation is 1. The second-order valence-electron chi connectivity index (χ2n) is 5.40. The van der Waals surface area contributed by atoms with E-state index in [-0.39, 0.29) is 36.3 Å². The van der Waals surface area contributed by atoms with E-state index >= 15 is 0 Å². The molecule has 6 heteroatoms. The van der Waals surface area contributed by atoms with E-state index in [0.29, 0.717) is 0 Å². The van der Waals surface area contributed by atoms with Gasteiger partial charge in [0.05, 0.1) is 18.2 Å². The fraction of sp³-hybridized carbons (Fsp3) is 0.375. The highest BCUT2D eigenvalue weighted by Crippen LogP contribution is 2.20. The maximum Gasteiger partial charge on any atom is 0.225 e. The van der Waals surface area contributed by atoms with Crippen molar-refractivity contribution in [1.29, 1.82) is 0 Å². The minimum Gasteiger partial charge on any atom is -0.349 e.